The molecule has 0 saturated carbocycles. The van der Waals surface area contributed by atoms with Gasteiger partial charge in [0.25, 0.3) is 0 Å². The number of aryl methyl sites for hydroxylation is 1. The molecule has 0 spiro atoms. The third-order valence-electron chi connectivity index (χ3n) is 2.80. The zero-order chi connectivity index (χ0) is 12.3. The molecule has 0 aliphatic rings. The number of nitrogens with zero attached hydrogens (tertiary/aromatic N) is 1. The third kappa shape index (κ3) is 3.07. The molecule has 0 fully saturated rings. The number of thiazole rings is 1. The number of hydrogen-bond acceptors (Lipinski definition) is 3. The van der Waals surface area contributed by atoms with Crippen LogP contribution in [0.15, 0.2) is 29.6 Å². The van der Waals surface area contributed by atoms with E-state index < -0.39 is 0 Å². The van der Waals surface area contributed by atoms with Gasteiger partial charge in [0.15, 0.2) is 0 Å². The van der Waals surface area contributed by atoms with Crippen molar-refractivity contribution in [1.82, 2.24) is 4.98 Å². The van der Waals surface area contributed by atoms with Gasteiger partial charge in [-0.25, -0.2) is 4.98 Å². The first-order valence-corrected chi connectivity index (χ1v) is 6.86. The quantitative estimate of drug-likeness (QED) is 0.868. The minimum atomic E-state index is 0.502. The monoisotopic (exact) mass is 246 g/mol. The molecular formula is C14H18N2S. The lowest BCUT2D eigenvalue weighted by Gasteiger charge is -2.13. The summed E-state index contributed by atoms with van der Waals surface area (Å²) in [4.78, 5) is 4.51. The lowest BCUT2D eigenvalue weighted by Crippen LogP contribution is -2.13. The van der Waals surface area contributed by atoms with E-state index in [9.17, 15) is 0 Å². The molecule has 2 nitrogen and oxygen atoms in total. The first-order valence-electron chi connectivity index (χ1n) is 5.98. The van der Waals surface area contributed by atoms with E-state index in [0.717, 1.165) is 17.1 Å². The van der Waals surface area contributed by atoms with Gasteiger partial charge in [0, 0.05) is 22.7 Å². The zero-order valence-corrected chi connectivity index (χ0v) is 11.3. The van der Waals surface area contributed by atoms with E-state index in [-0.39, 0.29) is 0 Å². The molecule has 17 heavy (non-hydrogen) atoms. The van der Waals surface area contributed by atoms with Crippen molar-refractivity contribution in [2.24, 2.45) is 0 Å². The van der Waals surface area contributed by atoms with Crippen molar-refractivity contribution in [1.29, 1.82) is 0 Å². The lowest BCUT2D eigenvalue weighted by atomic mass is 10.1. The Bertz CT molecular complexity index is 490. The summed E-state index contributed by atoms with van der Waals surface area (Å²) in [6, 6.07) is 8.96. The molecular weight excluding hydrogens is 228 g/mol. The predicted octanol–water partition coefficient (Wildman–Crippen LogP) is 4.33. The van der Waals surface area contributed by atoms with Gasteiger partial charge in [0.05, 0.1) is 10.7 Å². The van der Waals surface area contributed by atoms with E-state index in [1.807, 2.05) is 6.92 Å². The van der Waals surface area contributed by atoms with E-state index in [1.165, 1.54) is 11.3 Å². The van der Waals surface area contributed by atoms with Crippen LogP contribution in [0.25, 0.3) is 11.3 Å². The van der Waals surface area contributed by atoms with Gasteiger partial charge in [0.1, 0.15) is 0 Å². The summed E-state index contributed by atoms with van der Waals surface area (Å²) in [5, 5.41) is 6.70. The zero-order valence-electron chi connectivity index (χ0n) is 10.5. The van der Waals surface area contributed by atoms with Gasteiger partial charge < -0.3 is 5.32 Å². The van der Waals surface area contributed by atoms with Crippen LogP contribution in [0.4, 0.5) is 5.69 Å². The highest BCUT2D eigenvalue weighted by Crippen LogP contribution is 2.24. The average Bonchev–Trinajstić information content (AvgIpc) is 2.76. The second kappa shape index (κ2) is 5.32. The van der Waals surface area contributed by atoms with E-state index >= 15 is 0 Å². The van der Waals surface area contributed by atoms with Crippen LogP contribution in [0.5, 0.6) is 0 Å². The van der Waals surface area contributed by atoms with Gasteiger partial charge in [-0.3, -0.25) is 0 Å². The third-order valence-corrected chi connectivity index (χ3v) is 3.58. The fourth-order valence-corrected chi connectivity index (χ4v) is 2.27. The molecule has 0 bridgehead atoms. The molecule has 0 amide bonds. The molecule has 0 radical (unpaired) electrons. The molecule has 0 saturated heterocycles. The lowest BCUT2D eigenvalue weighted by molar-refractivity contribution is 0.764. The van der Waals surface area contributed by atoms with Crippen LogP contribution in [-0.2, 0) is 0 Å². The van der Waals surface area contributed by atoms with Crippen molar-refractivity contribution in [2.75, 3.05) is 5.32 Å². The number of benzene rings is 1. The predicted molar refractivity (Wildman–Crippen MR) is 75.7 cm³/mol. The fraction of sp³-hybridized carbons (Fsp3) is 0.357. The van der Waals surface area contributed by atoms with Crippen LogP contribution in [-0.4, -0.2) is 11.0 Å². The molecule has 2 rings (SSSR count). The normalized spacial score (nSPS) is 12.4. The van der Waals surface area contributed by atoms with E-state index in [0.29, 0.717) is 6.04 Å². The highest BCUT2D eigenvalue weighted by molar-refractivity contribution is 7.09. The standard InChI is InChI=1S/C14H18N2S/c1-4-10(2)15-13-7-5-6-12(8-13)14-9-17-11(3)16-14/h5-10,15H,4H2,1-3H3. The number of rotatable bonds is 4. The summed E-state index contributed by atoms with van der Waals surface area (Å²) in [6.45, 7) is 6.42. The van der Waals surface area contributed by atoms with Gasteiger partial charge in [0.2, 0.25) is 0 Å². The largest absolute Gasteiger partial charge is 0.383 e. The highest BCUT2D eigenvalue weighted by Gasteiger charge is 2.04. The Hall–Kier alpha value is -1.35. The van der Waals surface area contributed by atoms with Gasteiger partial charge in [-0.05, 0) is 32.4 Å². The Morgan fingerprint density at radius 3 is 2.88 bits per heavy atom. The highest BCUT2D eigenvalue weighted by atomic mass is 32.1. The summed E-state index contributed by atoms with van der Waals surface area (Å²) < 4.78 is 0. The van der Waals surface area contributed by atoms with E-state index in [4.69, 9.17) is 0 Å². The first-order chi connectivity index (χ1) is 8.19. The second-order valence-electron chi connectivity index (χ2n) is 4.29. The van der Waals surface area contributed by atoms with Crippen molar-refractivity contribution < 1.29 is 0 Å². The maximum absolute atomic E-state index is 4.51. The minimum Gasteiger partial charge on any atom is -0.383 e. The van der Waals surface area contributed by atoms with Crippen LogP contribution in [0.3, 0.4) is 0 Å². The number of anilines is 1. The number of aromatic nitrogens is 1. The minimum absolute atomic E-state index is 0.502. The van der Waals surface area contributed by atoms with Crippen LogP contribution in [0.2, 0.25) is 0 Å². The number of hydrogen-bond donors (Lipinski definition) is 1. The first kappa shape index (κ1) is 12.1. The second-order valence-corrected chi connectivity index (χ2v) is 5.35. The molecule has 0 aliphatic carbocycles. The summed E-state index contributed by atoms with van der Waals surface area (Å²) in [6.07, 6.45) is 1.13. The van der Waals surface area contributed by atoms with E-state index in [1.54, 1.807) is 11.3 Å². The van der Waals surface area contributed by atoms with Crippen LogP contribution in [0.1, 0.15) is 25.3 Å². The van der Waals surface area contributed by atoms with Gasteiger partial charge in [-0.2, -0.15) is 0 Å². The van der Waals surface area contributed by atoms with Crippen molar-refractivity contribution in [3.63, 3.8) is 0 Å². The van der Waals surface area contributed by atoms with Gasteiger partial charge >= 0.3 is 0 Å². The number of nitrogens with one attached hydrogen (secondary N) is 1. The topological polar surface area (TPSA) is 24.9 Å². The van der Waals surface area contributed by atoms with Crippen LogP contribution in [0, 0.1) is 6.92 Å². The van der Waals surface area contributed by atoms with Crippen LogP contribution < -0.4 is 5.32 Å². The Morgan fingerprint density at radius 1 is 1.41 bits per heavy atom. The summed E-state index contributed by atoms with van der Waals surface area (Å²) >= 11 is 1.69. The summed E-state index contributed by atoms with van der Waals surface area (Å²) in [7, 11) is 0. The molecule has 90 valence electrons. The average molecular weight is 246 g/mol. The van der Waals surface area contributed by atoms with Crippen molar-refractivity contribution in [2.45, 2.75) is 33.2 Å². The molecule has 2 aromatic rings. The maximum Gasteiger partial charge on any atom is 0.0901 e. The summed E-state index contributed by atoms with van der Waals surface area (Å²) in [5.41, 5.74) is 3.42. The van der Waals surface area contributed by atoms with E-state index in [2.05, 4.69) is 53.8 Å². The molecule has 0 aliphatic heterocycles. The Balaban J connectivity index is 2.22. The fourth-order valence-electron chi connectivity index (χ4n) is 1.65. The summed E-state index contributed by atoms with van der Waals surface area (Å²) in [5.74, 6) is 0. The molecule has 1 aromatic heterocycles. The molecule has 3 heteroatoms. The Morgan fingerprint density at radius 2 is 2.24 bits per heavy atom. The van der Waals surface area contributed by atoms with Gasteiger partial charge in [-0.15, -0.1) is 11.3 Å². The van der Waals surface area contributed by atoms with Gasteiger partial charge in [-0.1, -0.05) is 19.1 Å². The van der Waals surface area contributed by atoms with Crippen molar-refractivity contribution in [3.8, 4) is 11.3 Å². The molecule has 1 heterocycles. The Labute approximate surface area is 107 Å². The molecule has 1 N–H and O–H groups in total. The Kier molecular flexibility index (Phi) is 3.79. The van der Waals surface area contributed by atoms with Crippen molar-refractivity contribution in [3.05, 3.63) is 34.7 Å². The maximum atomic E-state index is 4.51. The molecule has 1 aromatic carbocycles. The molecule has 1 unspecified atom stereocenters. The van der Waals surface area contributed by atoms with Crippen LogP contribution >= 0.6 is 11.3 Å². The van der Waals surface area contributed by atoms with Crippen molar-refractivity contribution >= 4 is 17.0 Å². The smallest absolute Gasteiger partial charge is 0.0901 e. The molecule has 1 atom stereocenters. The SMILES string of the molecule is CCC(C)Nc1cccc(-c2csc(C)n2)c1.